The minimum atomic E-state index is 0.0940. The lowest BCUT2D eigenvalue weighted by Gasteiger charge is -2.35. The molecule has 5 heteroatoms. The summed E-state index contributed by atoms with van der Waals surface area (Å²) in [7, 11) is 1.62. The van der Waals surface area contributed by atoms with Gasteiger partial charge in [0, 0.05) is 38.2 Å². The lowest BCUT2D eigenvalue weighted by atomic mass is 10.1. The third-order valence-electron chi connectivity index (χ3n) is 4.23. The fourth-order valence-electron chi connectivity index (χ4n) is 2.90. The van der Waals surface area contributed by atoms with Crippen molar-refractivity contribution in [3.8, 4) is 5.75 Å². The Morgan fingerprint density at radius 2 is 1.70 bits per heavy atom. The van der Waals surface area contributed by atoms with E-state index in [4.69, 9.17) is 4.74 Å². The second-order valence-electron chi connectivity index (χ2n) is 6.00. The number of ether oxygens (including phenoxy) is 1. The Labute approximate surface area is 138 Å². The smallest absolute Gasteiger partial charge is 0.227 e. The van der Waals surface area contributed by atoms with E-state index in [9.17, 15) is 9.59 Å². The molecule has 0 N–H and O–H groups in total. The number of aryl methyl sites for hydroxylation is 1. The van der Waals surface area contributed by atoms with Crippen LogP contribution in [-0.4, -0.2) is 54.9 Å². The second-order valence-corrected chi connectivity index (χ2v) is 6.00. The van der Waals surface area contributed by atoms with Gasteiger partial charge in [0.1, 0.15) is 5.75 Å². The van der Waals surface area contributed by atoms with Crippen molar-refractivity contribution in [3.05, 3.63) is 29.3 Å². The lowest BCUT2D eigenvalue weighted by molar-refractivity contribution is -0.139. The molecule has 0 saturated carbocycles. The molecule has 1 aromatic carbocycles. The van der Waals surface area contributed by atoms with E-state index < -0.39 is 0 Å². The van der Waals surface area contributed by atoms with Crippen LogP contribution < -0.4 is 4.74 Å². The van der Waals surface area contributed by atoms with Gasteiger partial charge in [-0.2, -0.15) is 0 Å². The monoisotopic (exact) mass is 318 g/mol. The zero-order valence-corrected chi connectivity index (χ0v) is 14.3. The van der Waals surface area contributed by atoms with Gasteiger partial charge in [0.05, 0.1) is 13.5 Å². The fourth-order valence-corrected chi connectivity index (χ4v) is 2.90. The number of amides is 2. The largest absolute Gasteiger partial charge is 0.496 e. The van der Waals surface area contributed by atoms with Crippen LogP contribution in [0.25, 0.3) is 0 Å². The molecule has 1 aromatic rings. The van der Waals surface area contributed by atoms with E-state index in [1.165, 1.54) is 0 Å². The molecule has 1 aliphatic heterocycles. The lowest BCUT2D eigenvalue weighted by Crippen LogP contribution is -2.50. The summed E-state index contributed by atoms with van der Waals surface area (Å²) in [5, 5.41) is 0. The maximum absolute atomic E-state index is 12.5. The summed E-state index contributed by atoms with van der Waals surface area (Å²) in [5.74, 6) is 1.04. The van der Waals surface area contributed by atoms with Gasteiger partial charge in [-0.25, -0.2) is 0 Å². The van der Waals surface area contributed by atoms with Gasteiger partial charge in [0.25, 0.3) is 0 Å². The summed E-state index contributed by atoms with van der Waals surface area (Å²) in [4.78, 5) is 28.1. The Hall–Kier alpha value is -2.04. The number of rotatable bonds is 5. The van der Waals surface area contributed by atoms with Crippen LogP contribution in [0.4, 0.5) is 0 Å². The molecule has 0 radical (unpaired) electrons. The maximum atomic E-state index is 12.5. The predicted molar refractivity (Wildman–Crippen MR) is 89.5 cm³/mol. The Balaban J connectivity index is 1.93. The minimum absolute atomic E-state index is 0.0940. The molecule has 1 heterocycles. The topological polar surface area (TPSA) is 49.9 Å². The molecule has 0 atom stereocenters. The van der Waals surface area contributed by atoms with Crippen LogP contribution in [0.15, 0.2) is 18.2 Å². The number of hydrogen-bond acceptors (Lipinski definition) is 3. The van der Waals surface area contributed by atoms with Crippen molar-refractivity contribution in [1.82, 2.24) is 9.80 Å². The highest BCUT2D eigenvalue weighted by Crippen LogP contribution is 2.21. The molecule has 126 valence electrons. The van der Waals surface area contributed by atoms with Crippen LogP contribution in [-0.2, 0) is 16.0 Å². The van der Waals surface area contributed by atoms with Crippen LogP contribution in [0, 0.1) is 6.92 Å². The Morgan fingerprint density at radius 3 is 2.26 bits per heavy atom. The molecule has 2 rings (SSSR count). The van der Waals surface area contributed by atoms with E-state index in [1.807, 2.05) is 41.8 Å². The molecule has 2 amide bonds. The van der Waals surface area contributed by atoms with E-state index in [0.717, 1.165) is 23.3 Å². The van der Waals surface area contributed by atoms with Crippen LogP contribution >= 0.6 is 0 Å². The van der Waals surface area contributed by atoms with Crippen molar-refractivity contribution in [2.75, 3.05) is 33.3 Å². The van der Waals surface area contributed by atoms with Gasteiger partial charge in [-0.15, -0.1) is 0 Å². The van der Waals surface area contributed by atoms with Crippen molar-refractivity contribution in [1.29, 1.82) is 0 Å². The summed E-state index contributed by atoms with van der Waals surface area (Å²) in [5.41, 5.74) is 2.03. The molecule has 5 nitrogen and oxygen atoms in total. The maximum Gasteiger partial charge on any atom is 0.227 e. The van der Waals surface area contributed by atoms with E-state index in [-0.39, 0.29) is 11.8 Å². The van der Waals surface area contributed by atoms with Crippen LogP contribution in [0.3, 0.4) is 0 Å². The van der Waals surface area contributed by atoms with Gasteiger partial charge in [-0.05, 0) is 19.4 Å². The third-order valence-corrected chi connectivity index (χ3v) is 4.23. The summed E-state index contributed by atoms with van der Waals surface area (Å²) >= 11 is 0. The first-order valence-electron chi connectivity index (χ1n) is 8.24. The number of carbonyl (C=O) groups is 2. The Morgan fingerprint density at radius 1 is 1.09 bits per heavy atom. The first-order valence-corrected chi connectivity index (χ1v) is 8.24. The Kier molecular flexibility index (Phi) is 6.02. The van der Waals surface area contributed by atoms with Crippen LogP contribution in [0.2, 0.25) is 0 Å². The summed E-state index contributed by atoms with van der Waals surface area (Å²) in [6.45, 7) is 6.51. The van der Waals surface area contributed by atoms with Gasteiger partial charge in [-0.3, -0.25) is 9.59 Å². The van der Waals surface area contributed by atoms with Gasteiger partial charge in [-0.1, -0.05) is 24.6 Å². The molecular formula is C18H26N2O3. The highest BCUT2D eigenvalue weighted by atomic mass is 16.5. The van der Waals surface area contributed by atoms with Gasteiger partial charge < -0.3 is 14.5 Å². The molecule has 1 aliphatic rings. The second kappa shape index (κ2) is 7.99. The zero-order valence-electron chi connectivity index (χ0n) is 14.3. The normalized spacial score (nSPS) is 14.7. The van der Waals surface area contributed by atoms with Crippen LogP contribution in [0.5, 0.6) is 5.75 Å². The van der Waals surface area contributed by atoms with Crippen molar-refractivity contribution < 1.29 is 14.3 Å². The van der Waals surface area contributed by atoms with Gasteiger partial charge in [0.15, 0.2) is 0 Å². The Bertz CT molecular complexity index is 563. The number of hydrogen-bond donors (Lipinski definition) is 0. The van der Waals surface area contributed by atoms with Crippen molar-refractivity contribution in [2.24, 2.45) is 0 Å². The quantitative estimate of drug-likeness (QED) is 0.834. The van der Waals surface area contributed by atoms with E-state index in [0.29, 0.717) is 39.0 Å². The number of methoxy groups -OCH3 is 1. The number of nitrogens with zero attached hydrogens (tertiary/aromatic N) is 2. The highest BCUT2D eigenvalue weighted by Gasteiger charge is 2.24. The molecule has 0 aliphatic carbocycles. The summed E-state index contributed by atoms with van der Waals surface area (Å²) < 4.78 is 5.34. The predicted octanol–water partition coefficient (Wildman–Crippen LogP) is 2.02. The van der Waals surface area contributed by atoms with E-state index in [1.54, 1.807) is 7.11 Å². The van der Waals surface area contributed by atoms with Gasteiger partial charge in [0.2, 0.25) is 11.8 Å². The zero-order chi connectivity index (χ0) is 16.8. The molecule has 1 saturated heterocycles. The van der Waals surface area contributed by atoms with Crippen molar-refractivity contribution in [3.63, 3.8) is 0 Å². The van der Waals surface area contributed by atoms with Crippen molar-refractivity contribution >= 4 is 11.8 Å². The van der Waals surface area contributed by atoms with E-state index >= 15 is 0 Å². The van der Waals surface area contributed by atoms with Crippen molar-refractivity contribution in [2.45, 2.75) is 33.1 Å². The fraction of sp³-hybridized carbons (Fsp3) is 0.556. The number of benzene rings is 1. The molecular weight excluding hydrogens is 292 g/mol. The molecule has 23 heavy (non-hydrogen) atoms. The average molecular weight is 318 g/mol. The minimum Gasteiger partial charge on any atom is -0.496 e. The molecule has 0 aromatic heterocycles. The van der Waals surface area contributed by atoms with Gasteiger partial charge >= 0.3 is 0 Å². The summed E-state index contributed by atoms with van der Waals surface area (Å²) in [6, 6.07) is 5.88. The first-order chi connectivity index (χ1) is 11.0. The average Bonchev–Trinajstić information content (AvgIpc) is 2.55. The summed E-state index contributed by atoms with van der Waals surface area (Å²) in [6.07, 6.45) is 1.80. The standard InChI is InChI=1S/C18H26N2O3/c1-4-5-17(21)19-8-10-20(11-9-19)18(22)13-15-12-14(2)6-7-16(15)23-3/h6-7,12H,4-5,8-11,13H2,1-3H3. The molecule has 0 unspecified atom stereocenters. The first kappa shape index (κ1) is 17.3. The molecule has 0 bridgehead atoms. The molecule has 1 fully saturated rings. The SMILES string of the molecule is CCCC(=O)N1CCN(C(=O)Cc2cc(C)ccc2OC)CC1. The van der Waals surface area contributed by atoms with Crippen LogP contribution in [0.1, 0.15) is 30.9 Å². The number of carbonyl (C=O) groups excluding carboxylic acids is 2. The van der Waals surface area contributed by atoms with E-state index in [2.05, 4.69) is 0 Å². The molecule has 0 spiro atoms. The highest BCUT2D eigenvalue weighted by molar-refractivity contribution is 5.80. The third kappa shape index (κ3) is 4.47. The number of piperazine rings is 1.